The van der Waals surface area contributed by atoms with E-state index in [1.807, 2.05) is 5.38 Å². The van der Waals surface area contributed by atoms with Gasteiger partial charge in [0.25, 0.3) is 0 Å². The van der Waals surface area contributed by atoms with E-state index in [4.69, 9.17) is 4.74 Å². The summed E-state index contributed by atoms with van der Waals surface area (Å²) in [4.78, 5) is 8.65. The van der Waals surface area contributed by atoms with Gasteiger partial charge in [-0.15, -0.1) is 11.3 Å². The molecule has 25 heavy (non-hydrogen) atoms. The molecule has 1 aromatic heterocycles. The van der Waals surface area contributed by atoms with Gasteiger partial charge in [0.2, 0.25) is 0 Å². The van der Waals surface area contributed by atoms with Crippen LogP contribution in [0.4, 0.5) is 8.78 Å². The number of halogens is 2. The van der Waals surface area contributed by atoms with Crippen LogP contribution in [0.2, 0.25) is 0 Å². The normalized spacial score (nSPS) is 11.7. The number of benzene rings is 1. The van der Waals surface area contributed by atoms with E-state index in [0.717, 1.165) is 22.8 Å². The van der Waals surface area contributed by atoms with Crippen molar-refractivity contribution in [3.8, 4) is 5.75 Å². The molecule has 2 N–H and O–H groups in total. The summed E-state index contributed by atoms with van der Waals surface area (Å²) in [5.74, 6) is -0.306. The van der Waals surface area contributed by atoms with Crippen LogP contribution in [-0.4, -0.2) is 31.1 Å². The van der Waals surface area contributed by atoms with Gasteiger partial charge in [-0.25, -0.2) is 13.8 Å². The van der Waals surface area contributed by atoms with E-state index < -0.39 is 11.6 Å². The van der Waals surface area contributed by atoms with Gasteiger partial charge in [0.05, 0.1) is 23.8 Å². The second-order valence-corrected chi connectivity index (χ2v) is 6.50. The fourth-order valence-corrected chi connectivity index (χ4v) is 2.82. The van der Waals surface area contributed by atoms with Crippen molar-refractivity contribution in [1.82, 2.24) is 15.6 Å². The Hall–Kier alpha value is -2.22. The molecule has 0 amide bonds. The molecule has 0 atom stereocenters. The first-order chi connectivity index (χ1) is 12.0. The van der Waals surface area contributed by atoms with Crippen LogP contribution in [0.15, 0.2) is 28.6 Å². The molecule has 0 fully saturated rings. The fraction of sp³-hybridized carbons (Fsp3) is 0.412. The molecule has 0 aliphatic rings. The Morgan fingerprint density at radius 3 is 2.76 bits per heavy atom. The first-order valence-corrected chi connectivity index (χ1v) is 8.84. The number of rotatable bonds is 7. The second kappa shape index (κ2) is 9.31. The summed E-state index contributed by atoms with van der Waals surface area (Å²) >= 11 is 1.64. The Bertz CT molecular complexity index is 718. The van der Waals surface area contributed by atoms with Gasteiger partial charge in [-0.1, -0.05) is 13.8 Å². The van der Waals surface area contributed by atoms with Crippen molar-refractivity contribution >= 4 is 17.3 Å². The predicted octanol–water partition coefficient (Wildman–Crippen LogP) is 3.29. The molecule has 2 aromatic rings. The number of thiazole rings is 1. The maximum atomic E-state index is 13.4. The molecule has 0 spiro atoms. The minimum atomic E-state index is -0.716. The SMILES string of the molecule is CN=C(NCCOc1ccc(F)cc1F)NCc1csc(C(C)C)n1. The third-order valence-corrected chi connectivity index (χ3v) is 4.46. The second-order valence-electron chi connectivity index (χ2n) is 5.61. The Kier molecular flexibility index (Phi) is 7.12. The maximum Gasteiger partial charge on any atom is 0.191 e. The number of hydrogen-bond acceptors (Lipinski definition) is 4. The first kappa shape index (κ1) is 19.1. The number of ether oxygens (including phenoxy) is 1. The van der Waals surface area contributed by atoms with Crippen molar-refractivity contribution in [2.45, 2.75) is 26.3 Å². The lowest BCUT2D eigenvalue weighted by molar-refractivity contribution is 0.304. The van der Waals surface area contributed by atoms with Crippen LogP contribution in [0, 0.1) is 11.6 Å². The number of guanidine groups is 1. The zero-order valence-electron chi connectivity index (χ0n) is 14.5. The lowest BCUT2D eigenvalue weighted by Gasteiger charge is -2.12. The molecule has 0 saturated carbocycles. The largest absolute Gasteiger partial charge is 0.489 e. The van der Waals surface area contributed by atoms with E-state index in [1.165, 1.54) is 6.07 Å². The zero-order valence-corrected chi connectivity index (χ0v) is 15.3. The van der Waals surface area contributed by atoms with Crippen LogP contribution in [0.1, 0.15) is 30.5 Å². The van der Waals surface area contributed by atoms with Crippen LogP contribution in [0.5, 0.6) is 5.75 Å². The van der Waals surface area contributed by atoms with Crippen molar-refractivity contribution in [3.05, 3.63) is 45.9 Å². The van der Waals surface area contributed by atoms with Gasteiger partial charge in [-0.05, 0) is 12.1 Å². The van der Waals surface area contributed by atoms with Crippen LogP contribution in [0.25, 0.3) is 0 Å². The van der Waals surface area contributed by atoms with E-state index in [-0.39, 0.29) is 12.4 Å². The molecule has 1 aromatic carbocycles. The van der Waals surface area contributed by atoms with Gasteiger partial charge in [0.15, 0.2) is 17.5 Å². The molecule has 2 rings (SSSR count). The van der Waals surface area contributed by atoms with E-state index in [2.05, 4.69) is 34.5 Å². The molecule has 1 heterocycles. The molecule has 0 radical (unpaired) electrons. The van der Waals surface area contributed by atoms with Gasteiger partial charge in [0, 0.05) is 24.4 Å². The molecule has 136 valence electrons. The highest BCUT2D eigenvalue weighted by Gasteiger charge is 2.07. The van der Waals surface area contributed by atoms with Crippen molar-refractivity contribution in [2.75, 3.05) is 20.2 Å². The Labute approximate surface area is 150 Å². The molecule has 5 nitrogen and oxygen atoms in total. The van der Waals surface area contributed by atoms with Crippen LogP contribution < -0.4 is 15.4 Å². The van der Waals surface area contributed by atoms with E-state index in [1.54, 1.807) is 18.4 Å². The summed E-state index contributed by atoms with van der Waals surface area (Å²) in [5, 5.41) is 9.35. The third-order valence-electron chi connectivity index (χ3n) is 3.27. The number of aliphatic imine (C=N–C) groups is 1. The topological polar surface area (TPSA) is 58.5 Å². The highest BCUT2D eigenvalue weighted by Crippen LogP contribution is 2.19. The van der Waals surface area contributed by atoms with Crippen LogP contribution >= 0.6 is 11.3 Å². The van der Waals surface area contributed by atoms with E-state index in [0.29, 0.717) is 25.0 Å². The lowest BCUT2D eigenvalue weighted by Crippen LogP contribution is -2.39. The summed E-state index contributed by atoms with van der Waals surface area (Å²) in [6.07, 6.45) is 0. The molecule has 0 saturated heterocycles. The zero-order chi connectivity index (χ0) is 18.2. The van der Waals surface area contributed by atoms with Gasteiger partial charge in [-0.2, -0.15) is 0 Å². The molecule has 0 bridgehead atoms. The number of hydrogen-bond donors (Lipinski definition) is 2. The summed E-state index contributed by atoms with van der Waals surface area (Å²) in [7, 11) is 1.66. The standard InChI is InChI=1S/C17H22F2N4OS/c1-11(2)16-23-13(10-25-16)9-22-17(20-3)21-6-7-24-15-5-4-12(18)8-14(15)19/h4-5,8,10-11H,6-7,9H2,1-3H3,(H2,20,21,22). The monoisotopic (exact) mass is 368 g/mol. The highest BCUT2D eigenvalue weighted by molar-refractivity contribution is 7.09. The molecular weight excluding hydrogens is 346 g/mol. The number of aromatic nitrogens is 1. The summed E-state index contributed by atoms with van der Waals surface area (Å²) < 4.78 is 31.5. The fourth-order valence-electron chi connectivity index (χ4n) is 1.99. The van der Waals surface area contributed by atoms with Crippen molar-refractivity contribution in [1.29, 1.82) is 0 Å². The maximum absolute atomic E-state index is 13.4. The molecule has 8 heteroatoms. The van der Waals surface area contributed by atoms with Crippen LogP contribution in [0.3, 0.4) is 0 Å². The van der Waals surface area contributed by atoms with Gasteiger partial charge in [-0.3, -0.25) is 4.99 Å². The van der Waals surface area contributed by atoms with Crippen molar-refractivity contribution in [3.63, 3.8) is 0 Å². The Balaban J connectivity index is 1.72. The van der Waals surface area contributed by atoms with Gasteiger partial charge < -0.3 is 15.4 Å². The van der Waals surface area contributed by atoms with Crippen LogP contribution in [-0.2, 0) is 6.54 Å². The predicted molar refractivity (Wildman–Crippen MR) is 96.3 cm³/mol. The number of nitrogens with one attached hydrogen (secondary N) is 2. The smallest absolute Gasteiger partial charge is 0.191 e. The average Bonchev–Trinajstić information content (AvgIpc) is 3.05. The van der Waals surface area contributed by atoms with Gasteiger partial charge in [0.1, 0.15) is 12.4 Å². The van der Waals surface area contributed by atoms with E-state index >= 15 is 0 Å². The quantitative estimate of drug-likeness (QED) is 0.447. The van der Waals surface area contributed by atoms with Crippen molar-refractivity contribution < 1.29 is 13.5 Å². The summed E-state index contributed by atoms with van der Waals surface area (Å²) in [5.41, 5.74) is 0.960. The highest BCUT2D eigenvalue weighted by atomic mass is 32.1. The number of nitrogens with zero attached hydrogens (tertiary/aromatic N) is 2. The van der Waals surface area contributed by atoms with E-state index in [9.17, 15) is 8.78 Å². The lowest BCUT2D eigenvalue weighted by atomic mass is 10.2. The summed E-state index contributed by atoms with van der Waals surface area (Å²) in [6, 6.07) is 3.22. The molecule has 0 unspecified atom stereocenters. The third kappa shape index (κ3) is 5.97. The average molecular weight is 368 g/mol. The summed E-state index contributed by atoms with van der Waals surface area (Å²) in [6.45, 7) is 5.43. The molecular formula is C17H22F2N4OS. The molecule has 0 aliphatic carbocycles. The molecule has 0 aliphatic heterocycles. The van der Waals surface area contributed by atoms with Crippen molar-refractivity contribution in [2.24, 2.45) is 4.99 Å². The minimum absolute atomic E-state index is 0.0230. The first-order valence-electron chi connectivity index (χ1n) is 7.96. The minimum Gasteiger partial charge on any atom is -0.489 e. The Morgan fingerprint density at radius 1 is 1.32 bits per heavy atom. The Morgan fingerprint density at radius 2 is 2.12 bits per heavy atom. The van der Waals surface area contributed by atoms with Gasteiger partial charge >= 0.3 is 0 Å².